The molecule has 0 nitrogen and oxygen atoms in total. The van der Waals surface area contributed by atoms with Gasteiger partial charge in [-0.3, -0.25) is 0 Å². The van der Waals surface area contributed by atoms with Crippen LogP contribution in [0.15, 0.2) is 35.2 Å². The van der Waals surface area contributed by atoms with Gasteiger partial charge in [0.05, 0.1) is 0 Å². The Hall–Kier alpha value is 0.530. The standard InChI is InChI=1S/C15H22Br2S/c1-13(2)10-15(11-16,12-17)8-9-18-14-6-4-3-5-7-14/h3-7,13H,8-12H2,1-2H3. The number of rotatable bonds is 8. The van der Waals surface area contributed by atoms with Crippen LogP contribution >= 0.6 is 43.6 Å². The molecule has 0 fully saturated rings. The molecule has 0 saturated carbocycles. The summed E-state index contributed by atoms with van der Waals surface area (Å²) in [5, 5.41) is 2.16. The van der Waals surface area contributed by atoms with Gasteiger partial charge in [-0.15, -0.1) is 11.8 Å². The summed E-state index contributed by atoms with van der Waals surface area (Å²) in [4.78, 5) is 1.38. The molecule has 0 radical (unpaired) electrons. The molecule has 0 bridgehead atoms. The van der Waals surface area contributed by atoms with E-state index >= 15 is 0 Å². The Morgan fingerprint density at radius 2 is 1.72 bits per heavy atom. The van der Waals surface area contributed by atoms with Crippen LogP contribution in [0.5, 0.6) is 0 Å². The highest BCUT2D eigenvalue weighted by molar-refractivity contribution is 9.09. The molecule has 0 saturated heterocycles. The Balaban J connectivity index is 2.47. The first-order chi connectivity index (χ1) is 8.62. The molecular formula is C15H22Br2S. The van der Waals surface area contributed by atoms with Crippen molar-refractivity contribution in [1.82, 2.24) is 0 Å². The average molecular weight is 394 g/mol. The second-order valence-corrected chi connectivity index (χ2v) is 7.57. The molecule has 18 heavy (non-hydrogen) atoms. The Morgan fingerprint density at radius 1 is 1.11 bits per heavy atom. The van der Waals surface area contributed by atoms with Gasteiger partial charge in [-0.2, -0.15) is 0 Å². The molecule has 0 aliphatic carbocycles. The maximum absolute atomic E-state index is 3.71. The minimum Gasteiger partial charge on any atom is -0.126 e. The number of alkyl halides is 2. The minimum atomic E-state index is 0.399. The second-order valence-electron chi connectivity index (χ2n) is 5.28. The summed E-state index contributed by atoms with van der Waals surface area (Å²) in [6.07, 6.45) is 2.53. The number of halogens is 2. The monoisotopic (exact) mass is 392 g/mol. The van der Waals surface area contributed by atoms with Crippen molar-refractivity contribution in [3.05, 3.63) is 30.3 Å². The molecule has 1 rings (SSSR count). The first kappa shape index (κ1) is 16.6. The highest BCUT2D eigenvalue weighted by atomic mass is 79.9. The van der Waals surface area contributed by atoms with Crippen molar-refractivity contribution in [2.45, 2.75) is 31.6 Å². The first-order valence-corrected chi connectivity index (χ1v) is 9.64. The third kappa shape index (κ3) is 5.66. The van der Waals surface area contributed by atoms with Crippen LogP contribution in [0, 0.1) is 11.3 Å². The van der Waals surface area contributed by atoms with Crippen molar-refractivity contribution >= 4 is 43.6 Å². The third-order valence-electron chi connectivity index (χ3n) is 3.05. The summed E-state index contributed by atoms with van der Waals surface area (Å²) in [7, 11) is 0. The molecule has 0 aromatic heterocycles. The number of hydrogen-bond acceptors (Lipinski definition) is 1. The van der Waals surface area contributed by atoms with Gasteiger partial charge in [0, 0.05) is 15.6 Å². The third-order valence-corrected chi connectivity index (χ3v) is 6.45. The van der Waals surface area contributed by atoms with Crippen LogP contribution < -0.4 is 0 Å². The van der Waals surface area contributed by atoms with Gasteiger partial charge in [-0.1, -0.05) is 63.9 Å². The summed E-state index contributed by atoms with van der Waals surface area (Å²) in [6, 6.07) is 10.7. The van der Waals surface area contributed by atoms with E-state index in [-0.39, 0.29) is 0 Å². The van der Waals surface area contributed by atoms with Crippen LogP contribution in [-0.2, 0) is 0 Å². The lowest BCUT2D eigenvalue weighted by Gasteiger charge is -2.31. The topological polar surface area (TPSA) is 0 Å². The van der Waals surface area contributed by atoms with Crippen LogP contribution in [0.4, 0.5) is 0 Å². The lowest BCUT2D eigenvalue weighted by Crippen LogP contribution is -2.27. The Morgan fingerprint density at radius 3 is 2.22 bits per heavy atom. The Labute approximate surface area is 133 Å². The summed E-state index contributed by atoms with van der Waals surface area (Å²) < 4.78 is 0. The average Bonchev–Trinajstić information content (AvgIpc) is 2.38. The molecule has 1 aromatic rings. The molecule has 0 aliphatic heterocycles. The fourth-order valence-electron chi connectivity index (χ4n) is 2.15. The molecule has 0 N–H and O–H groups in total. The van der Waals surface area contributed by atoms with Crippen molar-refractivity contribution in [1.29, 1.82) is 0 Å². The molecule has 1 aromatic carbocycles. The van der Waals surface area contributed by atoms with Crippen molar-refractivity contribution in [2.75, 3.05) is 16.4 Å². The fourth-order valence-corrected chi connectivity index (χ4v) is 5.22. The molecule has 0 atom stereocenters. The Bertz CT molecular complexity index is 321. The van der Waals surface area contributed by atoms with Crippen molar-refractivity contribution < 1.29 is 0 Å². The molecular weight excluding hydrogens is 372 g/mol. The van der Waals surface area contributed by atoms with E-state index in [1.807, 2.05) is 11.8 Å². The SMILES string of the molecule is CC(C)CC(CBr)(CBr)CCSc1ccccc1. The van der Waals surface area contributed by atoms with Gasteiger partial charge in [0.25, 0.3) is 0 Å². The summed E-state index contributed by atoms with van der Waals surface area (Å²) in [6.45, 7) is 4.62. The molecule has 3 heteroatoms. The van der Waals surface area contributed by atoms with Crippen molar-refractivity contribution in [3.8, 4) is 0 Å². The van der Waals surface area contributed by atoms with Gasteiger partial charge in [0.1, 0.15) is 0 Å². The number of benzene rings is 1. The van der Waals surface area contributed by atoms with Crippen LogP contribution in [0.2, 0.25) is 0 Å². The van der Waals surface area contributed by atoms with E-state index in [9.17, 15) is 0 Å². The zero-order chi connectivity index (χ0) is 13.4. The lowest BCUT2D eigenvalue weighted by atomic mass is 9.82. The van der Waals surface area contributed by atoms with E-state index in [0.717, 1.165) is 16.6 Å². The lowest BCUT2D eigenvalue weighted by molar-refractivity contribution is 0.298. The van der Waals surface area contributed by atoms with Crippen LogP contribution in [0.3, 0.4) is 0 Å². The summed E-state index contributed by atoms with van der Waals surface area (Å²) in [5.41, 5.74) is 0.399. The highest BCUT2D eigenvalue weighted by Crippen LogP contribution is 2.36. The molecule has 0 aliphatic rings. The molecule has 0 unspecified atom stereocenters. The smallest absolute Gasteiger partial charge is 0.00963 e. The van der Waals surface area contributed by atoms with Crippen LogP contribution in [-0.4, -0.2) is 16.4 Å². The van der Waals surface area contributed by atoms with Crippen LogP contribution in [0.25, 0.3) is 0 Å². The van der Waals surface area contributed by atoms with E-state index in [4.69, 9.17) is 0 Å². The summed E-state index contributed by atoms with van der Waals surface area (Å²) >= 11 is 9.38. The first-order valence-electron chi connectivity index (χ1n) is 6.42. The minimum absolute atomic E-state index is 0.399. The van der Waals surface area contributed by atoms with Gasteiger partial charge in [0.2, 0.25) is 0 Å². The van der Waals surface area contributed by atoms with Gasteiger partial charge in [-0.25, -0.2) is 0 Å². The molecule has 0 heterocycles. The normalized spacial score (nSPS) is 12.1. The molecule has 102 valence electrons. The van der Waals surface area contributed by atoms with E-state index in [2.05, 4.69) is 76.0 Å². The second kappa shape index (κ2) is 8.65. The Kier molecular flexibility index (Phi) is 7.97. The largest absolute Gasteiger partial charge is 0.126 e. The van der Waals surface area contributed by atoms with E-state index in [0.29, 0.717) is 5.41 Å². The quantitative estimate of drug-likeness (QED) is 0.386. The van der Waals surface area contributed by atoms with Crippen LogP contribution in [0.1, 0.15) is 26.7 Å². The molecule has 0 amide bonds. The van der Waals surface area contributed by atoms with Gasteiger partial charge < -0.3 is 0 Å². The highest BCUT2D eigenvalue weighted by Gasteiger charge is 2.28. The number of hydrogen-bond donors (Lipinski definition) is 0. The van der Waals surface area contributed by atoms with E-state index in [1.165, 1.54) is 23.5 Å². The maximum atomic E-state index is 3.71. The molecule has 0 spiro atoms. The predicted octanol–water partition coefficient (Wildman–Crippen LogP) is 5.99. The summed E-state index contributed by atoms with van der Waals surface area (Å²) in [5.74, 6) is 1.94. The van der Waals surface area contributed by atoms with Gasteiger partial charge in [-0.05, 0) is 42.1 Å². The zero-order valence-corrected chi connectivity index (χ0v) is 15.2. The van der Waals surface area contributed by atoms with Crippen molar-refractivity contribution in [3.63, 3.8) is 0 Å². The number of thioether (sulfide) groups is 1. The van der Waals surface area contributed by atoms with Gasteiger partial charge in [0.15, 0.2) is 0 Å². The predicted molar refractivity (Wildman–Crippen MR) is 91.3 cm³/mol. The van der Waals surface area contributed by atoms with Crippen molar-refractivity contribution in [2.24, 2.45) is 11.3 Å². The van der Waals surface area contributed by atoms with E-state index < -0.39 is 0 Å². The van der Waals surface area contributed by atoms with E-state index in [1.54, 1.807) is 0 Å². The van der Waals surface area contributed by atoms with Gasteiger partial charge >= 0.3 is 0 Å². The fraction of sp³-hybridized carbons (Fsp3) is 0.600. The zero-order valence-electron chi connectivity index (χ0n) is 11.2. The maximum Gasteiger partial charge on any atom is 0.00963 e.